The predicted octanol–water partition coefficient (Wildman–Crippen LogP) is 1.45. The number of aryl methyl sites for hydroxylation is 1. The van der Waals surface area contributed by atoms with Crippen LogP contribution in [0, 0.1) is 6.92 Å². The van der Waals surface area contributed by atoms with Crippen LogP contribution in [0.4, 0.5) is 11.5 Å². The number of amides is 1. The molecule has 1 fully saturated rings. The SMILES string of the molecule is Cc1ccc(Nc2cc(C(=O)NC3CCS(=O)(=O)C3)ncn2)cc1. The van der Waals surface area contributed by atoms with Gasteiger partial charge >= 0.3 is 0 Å². The molecule has 1 amide bonds. The minimum absolute atomic E-state index is 0.0156. The number of nitrogens with zero attached hydrogens (tertiary/aromatic N) is 2. The highest BCUT2D eigenvalue weighted by atomic mass is 32.2. The molecule has 3 rings (SSSR count). The van der Waals surface area contributed by atoms with E-state index in [9.17, 15) is 13.2 Å². The summed E-state index contributed by atoms with van der Waals surface area (Å²) in [5.41, 5.74) is 2.20. The summed E-state index contributed by atoms with van der Waals surface area (Å²) in [6, 6.07) is 8.96. The Balaban J connectivity index is 1.68. The Hall–Kier alpha value is -2.48. The topological polar surface area (TPSA) is 101 Å². The van der Waals surface area contributed by atoms with Crippen molar-refractivity contribution in [1.82, 2.24) is 15.3 Å². The molecule has 1 aliphatic heterocycles. The number of hydrogen-bond donors (Lipinski definition) is 2. The first-order valence-corrected chi connectivity index (χ1v) is 9.40. The fraction of sp³-hybridized carbons (Fsp3) is 0.312. The quantitative estimate of drug-likeness (QED) is 0.869. The van der Waals surface area contributed by atoms with Gasteiger partial charge in [-0.25, -0.2) is 18.4 Å². The zero-order valence-electron chi connectivity index (χ0n) is 13.2. The van der Waals surface area contributed by atoms with Crippen molar-refractivity contribution in [3.8, 4) is 0 Å². The second-order valence-corrected chi connectivity index (χ2v) is 8.08. The maximum Gasteiger partial charge on any atom is 0.270 e. The van der Waals surface area contributed by atoms with Crippen molar-refractivity contribution in [3.63, 3.8) is 0 Å². The molecular weight excluding hydrogens is 328 g/mol. The second kappa shape index (κ2) is 6.56. The third-order valence-electron chi connectivity index (χ3n) is 3.79. The summed E-state index contributed by atoms with van der Waals surface area (Å²) in [4.78, 5) is 20.3. The van der Waals surface area contributed by atoms with Gasteiger partial charge in [0.25, 0.3) is 5.91 Å². The number of nitrogens with one attached hydrogen (secondary N) is 2. The number of benzene rings is 1. The van der Waals surface area contributed by atoms with E-state index in [1.807, 2.05) is 31.2 Å². The van der Waals surface area contributed by atoms with E-state index in [1.165, 1.54) is 6.33 Å². The number of carbonyl (C=O) groups excluding carboxylic acids is 1. The maximum absolute atomic E-state index is 12.2. The highest BCUT2D eigenvalue weighted by molar-refractivity contribution is 7.91. The van der Waals surface area contributed by atoms with Crippen LogP contribution < -0.4 is 10.6 Å². The van der Waals surface area contributed by atoms with E-state index in [-0.39, 0.29) is 23.2 Å². The first kappa shape index (κ1) is 16.4. The third-order valence-corrected chi connectivity index (χ3v) is 5.56. The van der Waals surface area contributed by atoms with Gasteiger partial charge in [-0.15, -0.1) is 0 Å². The molecule has 2 heterocycles. The minimum atomic E-state index is -3.04. The van der Waals surface area contributed by atoms with Gasteiger partial charge in [-0.1, -0.05) is 17.7 Å². The molecule has 0 radical (unpaired) electrons. The lowest BCUT2D eigenvalue weighted by molar-refractivity contribution is 0.0936. The van der Waals surface area contributed by atoms with Gasteiger partial charge in [-0.2, -0.15) is 0 Å². The third kappa shape index (κ3) is 4.08. The van der Waals surface area contributed by atoms with Crippen molar-refractivity contribution < 1.29 is 13.2 Å². The van der Waals surface area contributed by atoms with E-state index in [0.717, 1.165) is 11.3 Å². The molecule has 0 aliphatic carbocycles. The summed E-state index contributed by atoms with van der Waals surface area (Å²) in [6.45, 7) is 2.00. The van der Waals surface area contributed by atoms with Crippen LogP contribution >= 0.6 is 0 Å². The molecule has 1 aromatic carbocycles. The van der Waals surface area contributed by atoms with E-state index in [0.29, 0.717) is 12.2 Å². The molecule has 1 saturated heterocycles. The highest BCUT2D eigenvalue weighted by Gasteiger charge is 2.29. The minimum Gasteiger partial charge on any atom is -0.347 e. The first-order chi connectivity index (χ1) is 11.4. The van der Waals surface area contributed by atoms with Crippen LogP contribution in [0.15, 0.2) is 36.7 Å². The molecule has 0 saturated carbocycles. The van der Waals surface area contributed by atoms with E-state index in [2.05, 4.69) is 20.6 Å². The van der Waals surface area contributed by atoms with Gasteiger partial charge in [0.1, 0.15) is 17.8 Å². The van der Waals surface area contributed by atoms with Crippen molar-refractivity contribution in [2.75, 3.05) is 16.8 Å². The van der Waals surface area contributed by atoms with Crippen LogP contribution in [0.2, 0.25) is 0 Å². The Kier molecular flexibility index (Phi) is 4.48. The Morgan fingerprint density at radius 3 is 2.62 bits per heavy atom. The standard InChI is InChI=1S/C16H18N4O3S/c1-11-2-4-12(5-3-11)19-15-8-14(17-10-18-15)16(21)20-13-6-7-24(22,23)9-13/h2-5,8,10,13H,6-7,9H2,1H3,(H,20,21)(H,17,18,19). The molecule has 0 spiro atoms. The summed E-state index contributed by atoms with van der Waals surface area (Å²) in [5.74, 6) is 0.199. The molecule has 1 unspecified atom stereocenters. The van der Waals surface area contributed by atoms with E-state index < -0.39 is 15.7 Å². The Labute approximate surface area is 140 Å². The Morgan fingerprint density at radius 1 is 1.21 bits per heavy atom. The fourth-order valence-electron chi connectivity index (χ4n) is 2.50. The van der Waals surface area contributed by atoms with Gasteiger partial charge in [0.15, 0.2) is 9.84 Å². The largest absolute Gasteiger partial charge is 0.347 e. The van der Waals surface area contributed by atoms with Gasteiger partial charge in [0.2, 0.25) is 0 Å². The molecule has 1 aliphatic rings. The zero-order chi connectivity index (χ0) is 17.2. The second-order valence-electron chi connectivity index (χ2n) is 5.85. The van der Waals surface area contributed by atoms with Crippen LogP contribution in [0.1, 0.15) is 22.5 Å². The van der Waals surface area contributed by atoms with Crippen molar-refractivity contribution in [3.05, 3.63) is 47.9 Å². The van der Waals surface area contributed by atoms with E-state index in [1.54, 1.807) is 6.07 Å². The average Bonchev–Trinajstić information content (AvgIpc) is 2.88. The molecule has 2 N–H and O–H groups in total. The summed E-state index contributed by atoms with van der Waals surface area (Å²) >= 11 is 0. The summed E-state index contributed by atoms with van der Waals surface area (Å²) < 4.78 is 22.9. The predicted molar refractivity (Wildman–Crippen MR) is 91.0 cm³/mol. The lowest BCUT2D eigenvalue weighted by atomic mass is 10.2. The summed E-state index contributed by atoms with van der Waals surface area (Å²) in [6.07, 6.45) is 1.74. The van der Waals surface area contributed by atoms with Gasteiger partial charge < -0.3 is 10.6 Å². The van der Waals surface area contributed by atoms with Crippen LogP contribution in [0.5, 0.6) is 0 Å². The smallest absolute Gasteiger partial charge is 0.270 e. The van der Waals surface area contributed by atoms with Gasteiger partial charge in [0, 0.05) is 17.8 Å². The number of carbonyl (C=O) groups is 1. The lowest BCUT2D eigenvalue weighted by Gasteiger charge is -2.11. The Bertz CT molecular complexity index is 850. The van der Waals surface area contributed by atoms with Crippen LogP contribution in [0.3, 0.4) is 0 Å². The van der Waals surface area contributed by atoms with Crippen molar-refractivity contribution >= 4 is 27.2 Å². The number of anilines is 2. The Morgan fingerprint density at radius 2 is 1.96 bits per heavy atom. The number of hydrogen-bond acceptors (Lipinski definition) is 6. The summed E-state index contributed by atoms with van der Waals surface area (Å²) in [5, 5.41) is 5.82. The number of sulfone groups is 1. The maximum atomic E-state index is 12.2. The molecule has 1 aromatic heterocycles. The van der Waals surface area contributed by atoms with Crippen LogP contribution in [-0.2, 0) is 9.84 Å². The van der Waals surface area contributed by atoms with E-state index >= 15 is 0 Å². The fourth-order valence-corrected chi connectivity index (χ4v) is 4.18. The summed E-state index contributed by atoms with van der Waals surface area (Å²) in [7, 11) is -3.04. The monoisotopic (exact) mass is 346 g/mol. The molecule has 0 bridgehead atoms. The van der Waals surface area contributed by atoms with Crippen molar-refractivity contribution in [2.45, 2.75) is 19.4 Å². The molecular formula is C16H18N4O3S. The van der Waals surface area contributed by atoms with Gasteiger partial charge in [-0.3, -0.25) is 4.79 Å². The van der Waals surface area contributed by atoms with Crippen molar-refractivity contribution in [2.24, 2.45) is 0 Å². The molecule has 7 nitrogen and oxygen atoms in total. The lowest BCUT2D eigenvalue weighted by Crippen LogP contribution is -2.36. The first-order valence-electron chi connectivity index (χ1n) is 7.58. The van der Waals surface area contributed by atoms with Crippen LogP contribution in [0.25, 0.3) is 0 Å². The van der Waals surface area contributed by atoms with Crippen LogP contribution in [-0.4, -0.2) is 41.8 Å². The molecule has 8 heteroatoms. The number of rotatable bonds is 4. The molecule has 1 atom stereocenters. The van der Waals surface area contributed by atoms with Gasteiger partial charge in [0.05, 0.1) is 11.5 Å². The van der Waals surface area contributed by atoms with Crippen molar-refractivity contribution in [1.29, 1.82) is 0 Å². The van der Waals surface area contributed by atoms with Gasteiger partial charge in [-0.05, 0) is 25.5 Å². The average molecular weight is 346 g/mol. The zero-order valence-corrected chi connectivity index (χ0v) is 14.0. The molecule has 24 heavy (non-hydrogen) atoms. The van der Waals surface area contributed by atoms with E-state index in [4.69, 9.17) is 0 Å². The molecule has 126 valence electrons. The number of aromatic nitrogens is 2. The molecule has 2 aromatic rings. The highest BCUT2D eigenvalue weighted by Crippen LogP contribution is 2.16. The normalized spacial score (nSPS) is 19.0.